The zero-order chi connectivity index (χ0) is 17.4. The van der Waals surface area contributed by atoms with Crippen LogP contribution in [-0.2, 0) is 9.53 Å². The number of aromatic nitrogens is 2. The quantitative estimate of drug-likeness (QED) is 0.534. The molecular weight excluding hydrogens is 372 g/mol. The van der Waals surface area contributed by atoms with Crippen molar-refractivity contribution in [1.29, 1.82) is 0 Å². The van der Waals surface area contributed by atoms with Crippen molar-refractivity contribution in [3.8, 4) is 0 Å². The number of halogens is 1. The molecule has 2 N–H and O–H groups in total. The standard InChI is InChI=1S/C14H15ClN4O3S2/c1-22-7-6-16-11(20)8-23-14-19-18-13(24-14)12(21)17-10-4-2-9(15)3-5-10/h2-5H,6-8H2,1H3,(H,16,20)(H,17,21). The van der Waals surface area contributed by atoms with Crippen molar-refractivity contribution in [1.82, 2.24) is 15.5 Å². The molecule has 0 bridgehead atoms. The van der Waals surface area contributed by atoms with Crippen molar-refractivity contribution in [2.75, 3.05) is 31.3 Å². The van der Waals surface area contributed by atoms with E-state index in [-0.39, 0.29) is 22.6 Å². The summed E-state index contributed by atoms with van der Waals surface area (Å²) >= 11 is 8.15. The normalized spacial score (nSPS) is 10.4. The van der Waals surface area contributed by atoms with Gasteiger partial charge < -0.3 is 15.4 Å². The van der Waals surface area contributed by atoms with E-state index >= 15 is 0 Å². The van der Waals surface area contributed by atoms with E-state index in [1.54, 1.807) is 31.4 Å². The lowest BCUT2D eigenvalue weighted by Crippen LogP contribution is -2.28. The van der Waals surface area contributed by atoms with Crippen molar-refractivity contribution in [2.45, 2.75) is 4.34 Å². The molecule has 0 saturated heterocycles. The van der Waals surface area contributed by atoms with E-state index in [0.29, 0.717) is 28.2 Å². The Balaban J connectivity index is 1.82. The molecule has 0 spiro atoms. The summed E-state index contributed by atoms with van der Waals surface area (Å²) in [6, 6.07) is 6.75. The van der Waals surface area contributed by atoms with Crippen molar-refractivity contribution in [3.63, 3.8) is 0 Å². The van der Waals surface area contributed by atoms with Gasteiger partial charge >= 0.3 is 0 Å². The summed E-state index contributed by atoms with van der Waals surface area (Å²) in [5.74, 6) is -0.275. The molecular formula is C14H15ClN4O3S2. The average Bonchev–Trinajstić information content (AvgIpc) is 3.04. The number of carbonyl (C=O) groups is 2. The third kappa shape index (κ3) is 6.08. The molecule has 2 amide bonds. The molecule has 128 valence electrons. The third-order valence-corrected chi connectivity index (χ3v) is 4.97. The van der Waals surface area contributed by atoms with E-state index in [1.807, 2.05) is 0 Å². The fourth-order valence-corrected chi connectivity index (χ4v) is 3.25. The lowest BCUT2D eigenvalue weighted by molar-refractivity contribution is -0.118. The number of ether oxygens (including phenoxy) is 1. The number of anilines is 1. The monoisotopic (exact) mass is 386 g/mol. The van der Waals surface area contributed by atoms with E-state index in [0.717, 1.165) is 11.3 Å². The molecule has 0 fully saturated rings. The maximum absolute atomic E-state index is 12.1. The second-order valence-electron chi connectivity index (χ2n) is 4.47. The van der Waals surface area contributed by atoms with Gasteiger partial charge in [-0.2, -0.15) is 0 Å². The molecule has 0 aliphatic carbocycles. The van der Waals surface area contributed by atoms with E-state index in [2.05, 4.69) is 20.8 Å². The van der Waals surface area contributed by atoms with Crippen LogP contribution < -0.4 is 10.6 Å². The number of benzene rings is 1. The van der Waals surface area contributed by atoms with Gasteiger partial charge in [-0.05, 0) is 24.3 Å². The topological polar surface area (TPSA) is 93.2 Å². The van der Waals surface area contributed by atoms with Gasteiger partial charge in [-0.3, -0.25) is 9.59 Å². The number of carbonyl (C=O) groups excluding carboxylic acids is 2. The Bertz CT molecular complexity index is 694. The number of rotatable bonds is 8. The second kappa shape index (κ2) is 9.58. The highest BCUT2D eigenvalue weighted by atomic mass is 35.5. The smallest absolute Gasteiger partial charge is 0.286 e. The number of methoxy groups -OCH3 is 1. The number of hydrogen-bond acceptors (Lipinski definition) is 7. The molecule has 2 rings (SSSR count). The summed E-state index contributed by atoms with van der Waals surface area (Å²) in [6.45, 7) is 0.922. The zero-order valence-electron chi connectivity index (χ0n) is 12.7. The lowest BCUT2D eigenvalue weighted by atomic mass is 10.3. The van der Waals surface area contributed by atoms with Gasteiger partial charge in [-0.25, -0.2) is 0 Å². The number of thioether (sulfide) groups is 1. The van der Waals surface area contributed by atoms with Gasteiger partial charge in [0.25, 0.3) is 5.91 Å². The summed E-state index contributed by atoms with van der Waals surface area (Å²) in [4.78, 5) is 23.7. The Kier molecular flexibility index (Phi) is 7.44. The molecule has 0 atom stereocenters. The third-order valence-electron chi connectivity index (χ3n) is 2.66. The van der Waals surface area contributed by atoms with Gasteiger partial charge in [0.1, 0.15) is 0 Å². The molecule has 2 aromatic rings. The fraction of sp³-hybridized carbons (Fsp3) is 0.286. The van der Waals surface area contributed by atoms with Gasteiger partial charge in [0, 0.05) is 24.4 Å². The molecule has 0 saturated carbocycles. The Morgan fingerprint density at radius 1 is 1.29 bits per heavy atom. The lowest BCUT2D eigenvalue weighted by Gasteiger charge is -2.02. The van der Waals surface area contributed by atoms with Crippen molar-refractivity contribution >= 4 is 52.2 Å². The number of nitrogens with zero attached hydrogens (tertiary/aromatic N) is 2. The summed E-state index contributed by atoms with van der Waals surface area (Å²) in [5.41, 5.74) is 0.617. The first kappa shape index (κ1) is 18.7. The van der Waals surface area contributed by atoms with Crippen LogP contribution in [0.4, 0.5) is 5.69 Å². The molecule has 0 unspecified atom stereocenters. The molecule has 0 radical (unpaired) electrons. The van der Waals surface area contributed by atoms with Gasteiger partial charge in [0.2, 0.25) is 10.9 Å². The molecule has 1 heterocycles. The molecule has 7 nitrogen and oxygen atoms in total. The van der Waals surface area contributed by atoms with E-state index in [4.69, 9.17) is 16.3 Å². The average molecular weight is 387 g/mol. The van der Waals surface area contributed by atoms with Gasteiger partial charge in [0.05, 0.1) is 12.4 Å². The molecule has 0 aliphatic rings. The van der Waals surface area contributed by atoms with Crippen LogP contribution in [-0.4, -0.2) is 48.0 Å². The highest BCUT2D eigenvalue weighted by Gasteiger charge is 2.14. The van der Waals surface area contributed by atoms with Crippen LogP contribution in [0.3, 0.4) is 0 Å². The number of amides is 2. The predicted molar refractivity (Wildman–Crippen MR) is 94.9 cm³/mol. The minimum atomic E-state index is -0.355. The van der Waals surface area contributed by atoms with Crippen LogP contribution in [0.25, 0.3) is 0 Å². The predicted octanol–water partition coefficient (Wildman–Crippen LogP) is 2.30. The number of hydrogen-bond donors (Lipinski definition) is 2. The first-order valence-electron chi connectivity index (χ1n) is 6.87. The van der Waals surface area contributed by atoms with Crippen LogP contribution in [0.2, 0.25) is 5.02 Å². The van der Waals surface area contributed by atoms with Crippen LogP contribution in [0.5, 0.6) is 0 Å². The maximum atomic E-state index is 12.1. The first-order chi connectivity index (χ1) is 11.6. The van der Waals surface area contributed by atoms with Gasteiger partial charge in [-0.1, -0.05) is 34.7 Å². The van der Waals surface area contributed by atoms with Crippen LogP contribution in [0.1, 0.15) is 9.80 Å². The zero-order valence-corrected chi connectivity index (χ0v) is 15.1. The van der Waals surface area contributed by atoms with E-state index < -0.39 is 0 Å². The first-order valence-corrected chi connectivity index (χ1v) is 9.05. The fourth-order valence-electron chi connectivity index (χ4n) is 1.55. The van der Waals surface area contributed by atoms with Crippen molar-refractivity contribution in [2.24, 2.45) is 0 Å². The van der Waals surface area contributed by atoms with Gasteiger partial charge in [0.15, 0.2) is 4.34 Å². The Labute approximate surface area is 152 Å². The Hall–Kier alpha value is -1.68. The Morgan fingerprint density at radius 3 is 2.75 bits per heavy atom. The number of nitrogens with one attached hydrogen (secondary N) is 2. The molecule has 1 aromatic heterocycles. The maximum Gasteiger partial charge on any atom is 0.286 e. The van der Waals surface area contributed by atoms with Crippen LogP contribution in [0, 0.1) is 0 Å². The van der Waals surface area contributed by atoms with E-state index in [9.17, 15) is 9.59 Å². The summed E-state index contributed by atoms with van der Waals surface area (Å²) in [5, 5.41) is 14.0. The molecule has 0 aliphatic heterocycles. The molecule has 1 aromatic carbocycles. The summed E-state index contributed by atoms with van der Waals surface area (Å²) < 4.78 is 5.40. The second-order valence-corrected chi connectivity index (χ2v) is 7.10. The van der Waals surface area contributed by atoms with E-state index in [1.165, 1.54) is 11.8 Å². The van der Waals surface area contributed by atoms with Crippen molar-refractivity contribution in [3.05, 3.63) is 34.3 Å². The summed E-state index contributed by atoms with van der Waals surface area (Å²) in [7, 11) is 1.57. The van der Waals surface area contributed by atoms with Crippen LogP contribution >= 0.6 is 34.7 Å². The van der Waals surface area contributed by atoms with Crippen LogP contribution in [0.15, 0.2) is 28.6 Å². The highest BCUT2D eigenvalue weighted by Crippen LogP contribution is 2.23. The summed E-state index contributed by atoms with van der Waals surface area (Å²) in [6.07, 6.45) is 0. The Morgan fingerprint density at radius 2 is 2.04 bits per heavy atom. The highest BCUT2D eigenvalue weighted by molar-refractivity contribution is 8.01. The molecule has 24 heavy (non-hydrogen) atoms. The van der Waals surface area contributed by atoms with Crippen molar-refractivity contribution < 1.29 is 14.3 Å². The molecule has 10 heteroatoms. The largest absolute Gasteiger partial charge is 0.383 e. The minimum Gasteiger partial charge on any atom is -0.383 e. The SMILES string of the molecule is COCCNC(=O)CSc1nnc(C(=O)Nc2ccc(Cl)cc2)s1. The minimum absolute atomic E-state index is 0.126. The van der Waals surface area contributed by atoms with Gasteiger partial charge in [-0.15, -0.1) is 10.2 Å².